The van der Waals surface area contributed by atoms with E-state index in [0.29, 0.717) is 36.8 Å². The van der Waals surface area contributed by atoms with E-state index in [1.54, 1.807) is 22.5 Å². The first kappa shape index (κ1) is 26.1. The lowest BCUT2D eigenvalue weighted by Gasteiger charge is -2.60. The molecule has 5 heteroatoms. The molecule has 1 aromatic heterocycles. The Morgan fingerprint density at radius 3 is 2.41 bits per heavy atom. The monoisotopic (exact) mass is 546 g/mol. The van der Waals surface area contributed by atoms with Gasteiger partial charge in [0.2, 0.25) is 0 Å². The van der Waals surface area contributed by atoms with Crippen molar-refractivity contribution in [1.82, 2.24) is 0 Å². The molecule has 2 aromatic rings. The van der Waals surface area contributed by atoms with Crippen LogP contribution in [0.2, 0.25) is 0 Å². The molecule has 1 aliphatic heterocycles. The summed E-state index contributed by atoms with van der Waals surface area (Å²) in [6.45, 7) is 7.88. The Labute approximate surface area is 236 Å². The molecule has 0 bridgehead atoms. The lowest BCUT2D eigenvalue weighted by Crippen LogP contribution is -2.65. The molecule has 39 heavy (non-hydrogen) atoms. The maximum absolute atomic E-state index is 12.9. The van der Waals surface area contributed by atoms with Crippen molar-refractivity contribution in [3.63, 3.8) is 0 Å². The van der Waals surface area contributed by atoms with Crippen LogP contribution in [0.1, 0.15) is 77.7 Å². The fraction of sp³-hybridized carbons (Fsp3) is 0.618. The fourth-order valence-corrected chi connectivity index (χ4v) is 9.71. The van der Waals surface area contributed by atoms with Gasteiger partial charge in [-0.2, -0.15) is 11.3 Å². The van der Waals surface area contributed by atoms with E-state index in [0.717, 1.165) is 50.5 Å². The number of fused-ring (bicyclic) bond motifs is 4. The van der Waals surface area contributed by atoms with Crippen molar-refractivity contribution in [1.29, 1.82) is 0 Å². The molecule has 5 aliphatic rings. The summed E-state index contributed by atoms with van der Waals surface area (Å²) in [6.07, 6.45) is 7.66. The van der Waals surface area contributed by atoms with Crippen LogP contribution in [0.3, 0.4) is 0 Å². The van der Waals surface area contributed by atoms with Gasteiger partial charge >= 0.3 is 0 Å². The molecule has 0 radical (unpaired) electrons. The molecule has 4 nitrogen and oxygen atoms in total. The number of ether oxygens (including phenoxy) is 2. The minimum Gasteiger partial charge on any atom is -0.395 e. The number of carbonyl (C=O) groups is 1. The summed E-state index contributed by atoms with van der Waals surface area (Å²) in [6, 6.07) is 11.0. The molecule has 1 N–H and O–H groups in total. The summed E-state index contributed by atoms with van der Waals surface area (Å²) in [4.78, 5) is 12.9. The Bertz CT molecular complexity index is 1280. The van der Waals surface area contributed by atoms with Crippen molar-refractivity contribution in [2.75, 3.05) is 19.8 Å². The van der Waals surface area contributed by atoms with Crippen molar-refractivity contribution in [3.8, 4) is 11.1 Å². The van der Waals surface area contributed by atoms with E-state index < -0.39 is 11.2 Å². The van der Waals surface area contributed by atoms with Crippen molar-refractivity contribution in [3.05, 3.63) is 57.8 Å². The van der Waals surface area contributed by atoms with Gasteiger partial charge in [0.25, 0.3) is 0 Å². The number of hydrogen-bond donors (Lipinski definition) is 1. The number of thiophene rings is 1. The standard InChI is InChI=1S/C34H42O4S/c1-31(2)20-37-34(38-21-31)16-23-6-9-27-26(12-14-32(3)29(27)10-11-30(32)36)28(23)17-33(34,19-35)25-7-4-22(5-8-25)24-13-15-39-18-24/h4-5,7-8,13,15,18,23,27,29,35H,6,9-12,14,16-17,19-21H2,1-3H3/t23?,27-,29+,32+,33?/m1/s1. The Balaban J connectivity index is 1.32. The SMILES string of the molecule is CC1(C)COC2(CC3CC[C@@H]4C(=C3CC2(CO)c2ccc(-c3ccsc3)cc2)CC[C@]2(C)C(=O)CC[C@@H]42)OC1. The molecule has 2 heterocycles. The fourth-order valence-electron chi connectivity index (χ4n) is 9.05. The van der Waals surface area contributed by atoms with Gasteiger partial charge in [-0.3, -0.25) is 4.79 Å². The summed E-state index contributed by atoms with van der Waals surface area (Å²) in [7, 11) is 0. The molecule has 208 valence electrons. The first-order valence-electron chi connectivity index (χ1n) is 15.0. The summed E-state index contributed by atoms with van der Waals surface area (Å²) >= 11 is 1.71. The predicted octanol–water partition coefficient (Wildman–Crippen LogP) is 7.31. The van der Waals surface area contributed by atoms with Gasteiger partial charge in [0.05, 0.1) is 25.2 Å². The second-order valence-electron chi connectivity index (χ2n) is 14.1. The number of rotatable bonds is 3. The van der Waals surface area contributed by atoms with Gasteiger partial charge in [0.1, 0.15) is 5.78 Å². The number of benzene rings is 1. The average Bonchev–Trinajstić information content (AvgIpc) is 3.58. The van der Waals surface area contributed by atoms with E-state index >= 15 is 0 Å². The topological polar surface area (TPSA) is 55.8 Å². The van der Waals surface area contributed by atoms with E-state index in [2.05, 4.69) is 61.9 Å². The largest absolute Gasteiger partial charge is 0.395 e. The zero-order chi connectivity index (χ0) is 27.0. The minimum absolute atomic E-state index is 0.0149. The molecule has 3 saturated carbocycles. The second kappa shape index (κ2) is 9.11. The van der Waals surface area contributed by atoms with E-state index in [9.17, 15) is 9.90 Å². The molecule has 1 aromatic carbocycles. The highest BCUT2D eigenvalue weighted by Crippen LogP contribution is 2.63. The molecular formula is C34H42O4S. The molecule has 1 spiro atoms. The summed E-state index contributed by atoms with van der Waals surface area (Å²) in [5, 5.41) is 15.7. The maximum atomic E-state index is 12.9. The van der Waals surface area contributed by atoms with E-state index in [1.165, 1.54) is 17.5 Å². The number of aliphatic hydroxyl groups is 1. The lowest BCUT2D eigenvalue weighted by molar-refractivity contribution is -0.346. The summed E-state index contributed by atoms with van der Waals surface area (Å²) in [5.74, 6) is 1.07. The molecular weight excluding hydrogens is 504 g/mol. The highest BCUT2D eigenvalue weighted by molar-refractivity contribution is 7.08. The Morgan fingerprint density at radius 2 is 1.72 bits per heavy atom. The van der Waals surface area contributed by atoms with E-state index in [-0.39, 0.29) is 17.4 Å². The first-order chi connectivity index (χ1) is 18.7. The zero-order valence-electron chi connectivity index (χ0n) is 23.6. The van der Waals surface area contributed by atoms with E-state index in [1.807, 2.05) is 0 Å². The molecule has 7 rings (SSSR count). The van der Waals surface area contributed by atoms with Gasteiger partial charge in [0, 0.05) is 23.7 Å². The number of hydrogen-bond acceptors (Lipinski definition) is 5. The number of allylic oxidation sites excluding steroid dienone is 2. The molecule has 5 atom stereocenters. The number of carbonyl (C=O) groups excluding carboxylic acids is 1. The normalized spacial score (nSPS) is 36.9. The van der Waals surface area contributed by atoms with Gasteiger partial charge in [-0.15, -0.1) is 0 Å². The second-order valence-corrected chi connectivity index (χ2v) is 14.9. The van der Waals surface area contributed by atoms with Crippen LogP contribution < -0.4 is 0 Å². The molecule has 4 fully saturated rings. The van der Waals surface area contributed by atoms with Gasteiger partial charge in [0.15, 0.2) is 5.79 Å². The van der Waals surface area contributed by atoms with Crippen LogP contribution in [-0.2, 0) is 19.7 Å². The highest BCUT2D eigenvalue weighted by atomic mass is 32.1. The van der Waals surface area contributed by atoms with Crippen LogP contribution in [-0.4, -0.2) is 36.5 Å². The average molecular weight is 547 g/mol. The maximum Gasteiger partial charge on any atom is 0.181 e. The molecule has 2 unspecified atom stereocenters. The van der Waals surface area contributed by atoms with Crippen LogP contribution >= 0.6 is 11.3 Å². The summed E-state index contributed by atoms with van der Waals surface area (Å²) in [5.41, 5.74) is 5.84. The third-order valence-corrected chi connectivity index (χ3v) is 12.1. The zero-order valence-corrected chi connectivity index (χ0v) is 24.4. The first-order valence-corrected chi connectivity index (χ1v) is 15.9. The smallest absolute Gasteiger partial charge is 0.181 e. The minimum atomic E-state index is -0.838. The van der Waals surface area contributed by atoms with Gasteiger partial charge in [-0.25, -0.2) is 0 Å². The van der Waals surface area contributed by atoms with Gasteiger partial charge < -0.3 is 14.6 Å². The van der Waals surface area contributed by atoms with Crippen molar-refractivity contribution < 1.29 is 19.4 Å². The van der Waals surface area contributed by atoms with Crippen LogP contribution in [0.15, 0.2) is 52.2 Å². The Kier molecular flexibility index (Phi) is 6.10. The quantitative estimate of drug-likeness (QED) is 0.410. The van der Waals surface area contributed by atoms with E-state index in [4.69, 9.17) is 9.47 Å². The van der Waals surface area contributed by atoms with Crippen LogP contribution in [0.5, 0.6) is 0 Å². The van der Waals surface area contributed by atoms with Crippen LogP contribution in [0.25, 0.3) is 11.1 Å². The predicted molar refractivity (Wildman–Crippen MR) is 154 cm³/mol. The third-order valence-electron chi connectivity index (χ3n) is 11.4. The highest BCUT2D eigenvalue weighted by Gasteiger charge is 2.63. The van der Waals surface area contributed by atoms with Crippen molar-refractivity contribution in [2.45, 2.75) is 83.3 Å². The van der Waals surface area contributed by atoms with Crippen molar-refractivity contribution in [2.24, 2.45) is 28.6 Å². The van der Waals surface area contributed by atoms with Crippen molar-refractivity contribution >= 4 is 17.1 Å². The molecule has 0 amide bonds. The Hall–Kier alpha value is -1.79. The number of Topliss-reactive ketones (excluding diaryl/α,β-unsaturated/α-hetero) is 1. The Morgan fingerprint density at radius 1 is 0.949 bits per heavy atom. The number of aliphatic hydroxyl groups excluding tert-OH is 1. The van der Waals surface area contributed by atoms with Gasteiger partial charge in [-0.1, -0.05) is 56.2 Å². The van der Waals surface area contributed by atoms with Gasteiger partial charge in [-0.05, 0) is 89.8 Å². The molecule has 1 saturated heterocycles. The summed E-state index contributed by atoms with van der Waals surface area (Å²) < 4.78 is 13.6. The molecule has 4 aliphatic carbocycles. The third kappa shape index (κ3) is 3.83. The lowest BCUT2D eigenvalue weighted by atomic mass is 9.52. The van der Waals surface area contributed by atoms with Crippen LogP contribution in [0.4, 0.5) is 0 Å². The van der Waals surface area contributed by atoms with Crippen LogP contribution in [0, 0.1) is 28.6 Å². The number of ketones is 1.